The second-order valence-electron chi connectivity index (χ2n) is 3.76. The predicted octanol–water partition coefficient (Wildman–Crippen LogP) is 2.32. The van der Waals surface area contributed by atoms with Gasteiger partial charge in [-0.25, -0.2) is 0 Å². The summed E-state index contributed by atoms with van der Waals surface area (Å²) in [5.41, 5.74) is 1.25. The van der Waals surface area contributed by atoms with Crippen LogP contribution in [0.25, 0.3) is 0 Å². The van der Waals surface area contributed by atoms with Crippen molar-refractivity contribution in [1.82, 2.24) is 0 Å². The van der Waals surface area contributed by atoms with Crippen LogP contribution >= 0.6 is 0 Å². The lowest BCUT2D eigenvalue weighted by molar-refractivity contribution is -0.384. The molecule has 0 N–H and O–H groups in total. The van der Waals surface area contributed by atoms with Gasteiger partial charge in [0.2, 0.25) is 0 Å². The molecule has 15 heavy (non-hydrogen) atoms. The van der Waals surface area contributed by atoms with Crippen LogP contribution in [0, 0.1) is 10.1 Å². The average molecular weight is 207 g/mol. The molecule has 0 saturated carbocycles. The van der Waals surface area contributed by atoms with Crippen LogP contribution in [0.4, 0.5) is 5.69 Å². The van der Waals surface area contributed by atoms with Crippen molar-refractivity contribution < 1.29 is 9.66 Å². The standard InChI is InChI=1S/C11H13NO3/c13-12(14)10-5-3-9(4-6-10)8-11-2-1-7-15-11/h3-6,11H,1-2,7-8H2. The lowest BCUT2D eigenvalue weighted by atomic mass is 10.1. The number of ether oxygens (including phenoxy) is 1. The first-order valence-electron chi connectivity index (χ1n) is 5.10. The molecule has 1 unspecified atom stereocenters. The molecule has 1 aliphatic heterocycles. The molecule has 1 saturated heterocycles. The third-order valence-electron chi connectivity index (χ3n) is 2.63. The molecule has 0 amide bonds. The summed E-state index contributed by atoms with van der Waals surface area (Å²) in [4.78, 5) is 10.1. The summed E-state index contributed by atoms with van der Waals surface area (Å²) in [5.74, 6) is 0. The van der Waals surface area contributed by atoms with E-state index in [2.05, 4.69) is 0 Å². The fourth-order valence-electron chi connectivity index (χ4n) is 1.82. The summed E-state index contributed by atoms with van der Waals surface area (Å²) in [6.45, 7) is 0.845. The molecule has 1 fully saturated rings. The van der Waals surface area contributed by atoms with Crippen LogP contribution in [-0.2, 0) is 11.2 Å². The van der Waals surface area contributed by atoms with Crippen LogP contribution in [0.1, 0.15) is 18.4 Å². The number of rotatable bonds is 3. The van der Waals surface area contributed by atoms with Crippen molar-refractivity contribution in [3.8, 4) is 0 Å². The van der Waals surface area contributed by atoms with Crippen molar-refractivity contribution in [3.63, 3.8) is 0 Å². The number of non-ortho nitro benzene ring substituents is 1. The van der Waals surface area contributed by atoms with Crippen LogP contribution in [0.15, 0.2) is 24.3 Å². The molecular formula is C11H13NO3. The van der Waals surface area contributed by atoms with Gasteiger partial charge in [-0.05, 0) is 24.8 Å². The molecule has 0 spiro atoms. The molecule has 1 aromatic carbocycles. The number of benzene rings is 1. The van der Waals surface area contributed by atoms with E-state index < -0.39 is 0 Å². The first-order chi connectivity index (χ1) is 7.25. The van der Waals surface area contributed by atoms with Crippen LogP contribution in [0.2, 0.25) is 0 Å². The fraction of sp³-hybridized carbons (Fsp3) is 0.455. The largest absolute Gasteiger partial charge is 0.378 e. The van der Waals surface area contributed by atoms with Gasteiger partial charge in [0.1, 0.15) is 0 Å². The molecule has 0 radical (unpaired) electrons. The Labute approximate surface area is 88.0 Å². The minimum atomic E-state index is -0.379. The Hall–Kier alpha value is -1.42. The maximum atomic E-state index is 10.4. The monoisotopic (exact) mass is 207 g/mol. The van der Waals surface area contributed by atoms with Gasteiger partial charge in [0, 0.05) is 18.7 Å². The van der Waals surface area contributed by atoms with Crippen molar-refractivity contribution in [2.45, 2.75) is 25.4 Å². The SMILES string of the molecule is O=[N+]([O-])c1ccc(CC2CCCO2)cc1. The second kappa shape index (κ2) is 4.40. The van der Waals surface area contributed by atoms with E-state index in [9.17, 15) is 10.1 Å². The molecule has 1 aromatic rings. The molecule has 4 nitrogen and oxygen atoms in total. The molecule has 80 valence electrons. The third kappa shape index (κ3) is 2.53. The zero-order valence-electron chi connectivity index (χ0n) is 8.39. The molecule has 0 aromatic heterocycles. The van der Waals surface area contributed by atoms with E-state index in [4.69, 9.17) is 4.74 Å². The number of hydrogen-bond acceptors (Lipinski definition) is 3. The van der Waals surface area contributed by atoms with Gasteiger partial charge in [-0.15, -0.1) is 0 Å². The molecule has 1 atom stereocenters. The van der Waals surface area contributed by atoms with E-state index in [0.717, 1.165) is 31.4 Å². The van der Waals surface area contributed by atoms with E-state index in [0.29, 0.717) is 6.10 Å². The predicted molar refractivity (Wildman–Crippen MR) is 55.8 cm³/mol. The summed E-state index contributed by atoms with van der Waals surface area (Å²) in [6.07, 6.45) is 3.37. The lowest BCUT2D eigenvalue weighted by Crippen LogP contribution is -2.08. The van der Waals surface area contributed by atoms with Gasteiger partial charge in [0.05, 0.1) is 11.0 Å². The quantitative estimate of drug-likeness (QED) is 0.564. The number of nitro groups is 1. The second-order valence-corrected chi connectivity index (χ2v) is 3.76. The van der Waals surface area contributed by atoms with E-state index in [1.807, 2.05) is 0 Å². The first kappa shape index (κ1) is 10.1. The van der Waals surface area contributed by atoms with E-state index in [1.165, 1.54) is 0 Å². The summed E-state index contributed by atoms with van der Waals surface area (Å²) in [6, 6.07) is 6.70. The summed E-state index contributed by atoms with van der Waals surface area (Å²) in [5, 5.41) is 10.4. The Morgan fingerprint density at radius 2 is 2.13 bits per heavy atom. The van der Waals surface area contributed by atoms with Gasteiger partial charge in [-0.2, -0.15) is 0 Å². The summed E-state index contributed by atoms with van der Waals surface area (Å²) in [7, 11) is 0. The molecule has 0 bridgehead atoms. The smallest absolute Gasteiger partial charge is 0.269 e. The third-order valence-corrected chi connectivity index (χ3v) is 2.63. The van der Waals surface area contributed by atoms with Crippen molar-refractivity contribution >= 4 is 5.69 Å². The fourth-order valence-corrected chi connectivity index (χ4v) is 1.82. The first-order valence-corrected chi connectivity index (χ1v) is 5.10. The highest BCUT2D eigenvalue weighted by molar-refractivity contribution is 5.33. The number of nitrogens with zero attached hydrogens (tertiary/aromatic N) is 1. The normalized spacial score (nSPS) is 20.4. The van der Waals surface area contributed by atoms with Crippen LogP contribution in [0.3, 0.4) is 0 Å². The molecular weight excluding hydrogens is 194 g/mol. The van der Waals surface area contributed by atoms with Crippen LogP contribution in [0.5, 0.6) is 0 Å². The summed E-state index contributed by atoms with van der Waals surface area (Å²) >= 11 is 0. The zero-order chi connectivity index (χ0) is 10.7. The summed E-state index contributed by atoms with van der Waals surface area (Å²) < 4.78 is 5.50. The van der Waals surface area contributed by atoms with Gasteiger partial charge in [-0.1, -0.05) is 12.1 Å². The van der Waals surface area contributed by atoms with E-state index in [1.54, 1.807) is 24.3 Å². The molecule has 1 aliphatic rings. The van der Waals surface area contributed by atoms with Crippen molar-refractivity contribution in [3.05, 3.63) is 39.9 Å². The highest BCUT2D eigenvalue weighted by atomic mass is 16.6. The van der Waals surface area contributed by atoms with Crippen LogP contribution in [-0.4, -0.2) is 17.6 Å². The number of nitro benzene ring substituents is 1. The maximum Gasteiger partial charge on any atom is 0.269 e. The van der Waals surface area contributed by atoms with Gasteiger partial charge in [0.25, 0.3) is 5.69 Å². The van der Waals surface area contributed by atoms with Gasteiger partial charge in [-0.3, -0.25) is 10.1 Å². The number of hydrogen-bond donors (Lipinski definition) is 0. The Morgan fingerprint density at radius 3 is 2.67 bits per heavy atom. The minimum absolute atomic E-state index is 0.145. The Morgan fingerprint density at radius 1 is 1.40 bits per heavy atom. The lowest BCUT2D eigenvalue weighted by Gasteiger charge is -2.08. The average Bonchev–Trinajstić information content (AvgIpc) is 2.71. The maximum absolute atomic E-state index is 10.4. The van der Waals surface area contributed by atoms with Crippen molar-refractivity contribution in [2.24, 2.45) is 0 Å². The van der Waals surface area contributed by atoms with Crippen molar-refractivity contribution in [2.75, 3.05) is 6.61 Å². The highest BCUT2D eigenvalue weighted by Crippen LogP contribution is 2.19. The minimum Gasteiger partial charge on any atom is -0.378 e. The van der Waals surface area contributed by atoms with E-state index in [-0.39, 0.29) is 10.6 Å². The van der Waals surface area contributed by atoms with Gasteiger partial charge in [0.15, 0.2) is 0 Å². The Kier molecular flexibility index (Phi) is 2.97. The van der Waals surface area contributed by atoms with Crippen molar-refractivity contribution in [1.29, 1.82) is 0 Å². The van der Waals surface area contributed by atoms with Gasteiger partial charge < -0.3 is 4.74 Å². The highest BCUT2D eigenvalue weighted by Gasteiger charge is 2.16. The Bertz CT molecular complexity index is 341. The molecule has 0 aliphatic carbocycles. The molecule has 2 rings (SSSR count). The van der Waals surface area contributed by atoms with Crippen LogP contribution < -0.4 is 0 Å². The van der Waals surface area contributed by atoms with Gasteiger partial charge >= 0.3 is 0 Å². The Balaban J connectivity index is 2.00. The van der Waals surface area contributed by atoms with E-state index >= 15 is 0 Å². The molecule has 1 heterocycles. The zero-order valence-corrected chi connectivity index (χ0v) is 8.39. The topological polar surface area (TPSA) is 52.4 Å². The molecule has 4 heteroatoms.